The number of carboxylic acids is 1. The number of hydrogen-bond donors (Lipinski definition) is 1. The van der Waals surface area contributed by atoms with Gasteiger partial charge >= 0.3 is 5.97 Å². The molecule has 0 aromatic rings. The van der Waals surface area contributed by atoms with Crippen molar-refractivity contribution in [1.82, 2.24) is 9.80 Å². The second-order valence-corrected chi connectivity index (χ2v) is 3.95. The molecule has 0 unspecified atom stereocenters. The quantitative estimate of drug-likeness (QED) is 0.685. The van der Waals surface area contributed by atoms with E-state index in [1.807, 2.05) is 0 Å². The summed E-state index contributed by atoms with van der Waals surface area (Å²) in [6.45, 7) is 1.47. The standard InChI is InChI=1S/C11H16N2O4/c1-12(9(14)4-5-11(16)17)8-10(15)13-6-2-3-7-13/h4-5H,2-3,6-8H2,1H3,(H,16,17)/b5-4+. The first-order chi connectivity index (χ1) is 8.00. The molecule has 2 amide bonds. The summed E-state index contributed by atoms with van der Waals surface area (Å²) in [7, 11) is 1.47. The molecule has 1 fully saturated rings. The van der Waals surface area contributed by atoms with Crippen molar-refractivity contribution in [2.24, 2.45) is 0 Å². The zero-order valence-corrected chi connectivity index (χ0v) is 9.76. The van der Waals surface area contributed by atoms with Crippen LogP contribution in [0.2, 0.25) is 0 Å². The van der Waals surface area contributed by atoms with Gasteiger partial charge in [-0.2, -0.15) is 0 Å². The Morgan fingerprint density at radius 1 is 1.24 bits per heavy atom. The summed E-state index contributed by atoms with van der Waals surface area (Å²) in [4.78, 5) is 36.2. The van der Waals surface area contributed by atoms with Crippen LogP contribution in [0.15, 0.2) is 12.2 Å². The van der Waals surface area contributed by atoms with Crippen molar-refractivity contribution in [3.63, 3.8) is 0 Å². The fraction of sp³-hybridized carbons (Fsp3) is 0.545. The van der Waals surface area contributed by atoms with Crippen LogP contribution in [-0.4, -0.2) is 59.4 Å². The maximum Gasteiger partial charge on any atom is 0.328 e. The third-order valence-corrected chi connectivity index (χ3v) is 2.58. The van der Waals surface area contributed by atoms with Crippen molar-refractivity contribution in [3.8, 4) is 0 Å². The highest BCUT2D eigenvalue weighted by Crippen LogP contribution is 2.07. The lowest BCUT2D eigenvalue weighted by Crippen LogP contribution is -2.39. The summed E-state index contributed by atoms with van der Waals surface area (Å²) in [5.74, 6) is -1.76. The van der Waals surface area contributed by atoms with E-state index in [2.05, 4.69) is 0 Å². The van der Waals surface area contributed by atoms with Gasteiger partial charge in [0.15, 0.2) is 0 Å². The summed E-state index contributed by atoms with van der Waals surface area (Å²) in [6.07, 6.45) is 3.71. The number of amides is 2. The zero-order valence-electron chi connectivity index (χ0n) is 9.76. The molecule has 0 bridgehead atoms. The molecule has 6 heteroatoms. The van der Waals surface area contributed by atoms with Gasteiger partial charge in [-0.15, -0.1) is 0 Å². The van der Waals surface area contributed by atoms with E-state index in [1.165, 1.54) is 11.9 Å². The number of carboxylic acid groups (broad SMARTS) is 1. The Morgan fingerprint density at radius 3 is 2.35 bits per heavy atom. The van der Waals surface area contributed by atoms with E-state index >= 15 is 0 Å². The summed E-state index contributed by atoms with van der Waals surface area (Å²) >= 11 is 0. The predicted octanol–water partition coefficient (Wildman–Crippen LogP) is -0.292. The number of aliphatic carboxylic acids is 1. The molecule has 0 aromatic heterocycles. The van der Waals surface area contributed by atoms with Crippen molar-refractivity contribution >= 4 is 17.8 Å². The number of hydrogen-bond acceptors (Lipinski definition) is 3. The number of nitrogens with zero attached hydrogens (tertiary/aromatic N) is 2. The van der Waals surface area contributed by atoms with Crippen LogP contribution in [0, 0.1) is 0 Å². The molecule has 1 saturated heterocycles. The Kier molecular flexibility index (Phi) is 4.68. The first-order valence-corrected chi connectivity index (χ1v) is 5.44. The molecule has 1 rings (SSSR count). The highest BCUT2D eigenvalue weighted by atomic mass is 16.4. The Morgan fingerprint density at radius 2 is 1.82 bits per heavy atom. The van der Waals surface area contributed by atoms with Crippen molar-refractivity contribution < 1.29 is 19.5 Å². The number of likely N-dealkylation sites (tertiary alicyclic amines) is 1. The molecule has 1 heterocycles. The molecule has 0 spiro atoms. The Labute approximate surface area is 99.5 Å². The molecule has 17 heavy (non-hydrogen) atoms. The molecule has 0 atom stereocenters. The number of carbonyl (C=O) groups is 3. The lowest BCUT2D eigenvalue weighted by atomic mass is 10.4. The molecule has 0 saturated carbocycles. The fourth-order valence-corrected chi connectivity index (χ4v) is 1.62. The largest absolute Gasteiger partial charge is 0.478 e. The van der Waals surface area contributed by atoms with E-state index < -0.39 is 11.9 Å². The van der Waals surface area contributed by atoms with Crippen molar-refractivity contribution in [3.05, 3.63) is 12.2 Å². The second kappa shape index (κ2) is 6.03. The first kappa shape index (κ1) is 13.2. The maximum absolute atomic E-state index is 11.7. The van der Waals surface area contributed by atoms with E-state index in [1.54, 1.807) is 4.90 Å². The van der Waals surface area contributed by atoms with Crippen LogP contribution in [0.1, 0.15) is 12.8 Å². The molecule has 0 aliphatic carbocycles. The second-order valence-electron chi connectivity index (χ2n) is 3.95. The Balaban J connectivity index is 2.42. The number of carbonyl (C=O) groups excluding carboxylic acids is 2. The van der Waals surface area contributed by atoms with Crippen molar-refractivity contribution in [2.45, 2.75) is 12.8 Å². The number of likely N-dealkylation sites (N-methyl/N-ethyl adjacent to an activating group) is 1. The molecule has 0 radical (unpaired) electrons. The van der Waals surface area contributed by atoms with Gasteiger partial charge in [0.1, 0.15) is 0 Å². The van der Waals surface area contributed by atoms with Crippen LogP contribution in [0.4, 0.5) is 0 Å². The summed E-state index contributed by atoms with van der Waals surface area (Å²) in [5.41, 5.74) is 0. The molecular weight excluding hydrogens is 224 g/mol. The van der Waals surface area contributed by atoms with E-state index in [-0.39, 0.29) is 12.5 Å². The topological polar surface area (TPSA) is 77.9 Å². The van der Waals surface area contributed by atoms with Crippen molar-refractivity contribution in [2.75, 3.05) is 26.7 Å². The van der Waals surface area contributed by atoms with E-state index in [4.69, 9.17) is 5.11 Å². The molecule has 0 aromatic carbocycles. The molecule has 1 aliphatic heterocycles. The third kappa shape index (κ3) is 4.26. The van der Waals surface area contributed by atoms with Crippen LogP contribution < -0.4 is 0 Å². The van der Waals surface area contributed by atoms with Crippen LogP contribution >= 0.6 is 0 Å². The average Bonchev–Trinajstić information content (AvgIpc) is 2.78. The normalized spacial score (nSPS) is 15.2. The van der Waals surface area contributed by atoms with E-state index in [0.29, 0.717) is 0 Å². The average molecular weight is 240 g/mol. The highest BCUT2D eigenvalue weighted by Gasteiger charge is 2.20. The molecule has 1 aliphatic rings. The molecule has 6 nitrogen and oxygen atoms in total. The minimum absolute atomic E-state index is 0.0111. The fourth-order valence-electron chi connectivity index (χ4n) is 1.62. The van der Waals surface area contributed by atoms with E-state index in [9.17, 15) is 14.4 Å². The maximum atomic E-state index is 11.7. The first-order valence-electron chi connectivity index (χ1n) is 5.44. The Bertz CT molecular complexity index is 345. The van der Waals surface area contributed by atoms with Crippen molar-refractivity contribution in [1.29, 1.82) is 0 Å². The van der Waals surface area contributed by atoms with Crippen LogP contribution in [0.3, 0.4) is 0 Å². The van der Waals surface area contributed by atoms with Crippen LogP contribution in [0.5, 0.6) is 0 Å². The Hall–Kier alpha value is -1.85. The van der Waals surface area contributed by atoms with E-state index in [0.717, 1.165) is 38.1 Å². The predicted molar refractivity (Wildman–Crippen MR) is 60.2 cm³/mol. The smallest absolute Gasteiger partial charge is 0.328 e. The summed E-state index contributed by atoms with van der Waals surface area (Å²) < 4.78 is 0. The minimum Gasteiger partial charge on any atom is -0.478 e. The SMILES string of the molecule is CN(CC(=O)N1CCCC1)C(=O)/C=C/C(=O)O. The monoisotopic (exact) mass is 240 g/mol. The van der Waals surface area contributed by atoms with Gasteiger partial charge < -0.3 is 14.9 Å². The minimum atomic E-state index is -1.18. The van der Waals surface area contributed by atoms with Gasteiger partial charge in [-0.3, -0.25) is 9.59 Å². The van der Waals surface area contributed by atoms with Gasteiger partial charge in [-0.05, 0) is 12.8 Å². The zero-order chi connectivity index (χ0) is 12.8. The van der Waals surface area contributed by atoms with Crippen LogP contribution in [0.25, 0.3) is 0 Å². The van der Waals surface area contributed by atoms with Gasteiger partial charge in [0.05, 0.1) is 6.54 Å². The van der Waals surface area contributed by atoms with Gasteiger partial charge in [0, 0.05) is 32.3 Å². The van der Waals surface area contributed by atoms with Crippen LogP contribution in [-0.2, 0) is 14.4 Å². The molecular formula is C11H16N2O4. The lowest BCUT2D eigenvalue weighted by Gasteiger charge is -2.20. The summed E-state index contributed by atoms with van der Waals surface area (Å²) in [5, 5.41) is 8.37. The van der Waals surface area contributed by atoms with Gasteiger partial charge in [0.25, 0.3) is 0 Å². The number of rotatable bonds is 4. The van der Waals surface area contributed by atoms with Gasteiger partial charge in [-0.25, -0.2) is 4.79 Å². The van der Waals surface area contributed by atoms with Gasteiger partial charge in [0.2, 0.25) is 11.8 Å². The summed E-state index contributed by atoms with van der Waals surface area (Å²) in [6, 6.07) is 0. The van der Waals surface area contributed by atoms with Gasteiger partial charge in [-0.1, -0.05) is 0 Å². The molecule has 94 valence electrons. The third-order valence-electron chi connectivity index (χ3n) is 2.58. The molecule has 1 N–H and O–H groups in total. The lowest BCUT2D eigenvalue weighted by molar-refractivity contribution is -0.136. The highest BCUT2D eigenvalue weighted by molar-refractivity contribution is 5.95.